The first-order valence-electron chi connectivity index (χ1n) is 6.65. The number of aryl methyl sites for hydroxylation is 3. The predicted molar refractivity (Wildman–Crippen MR) is 83.6 cm³/mol. The summed E-state index contributed by atoms with van der Waals surface area (Å²) in [6, 6.07) is 5.77. The molecule has 1 nitrogen and oxygen atoms in total. The summed E-state index contributed by atoms with van der Waals surface area (Å²) in [5.41, 5.74) is 5.71. The van der Waals surface area contributed by atoms with E-state index in [9.17, 15) is 0 Å². The monoisotopic (exact) mass is 241 g/mol. The Kier molecular flexibility index (Phi) is 7.30. The Hall–Kier alpha value is -0.223. The first kappa shape index (κ1) is 17.8. The van der Waals surface area contributed by atoms with Crippen molar-refractivity contribution in [3.63, 3.8) is 0 Å². The number of hydrogen-bond donors (Lipinski definition) is 0. The van der Waals surface area contributed by atoms with E-state index in [2.05, 4.69) is 65.5 Å². The fraction of sp³-hybridized carbons (Fsp3) is 0.625. The van der Waals surface area contributed by atoms with Gasteiger partial charge in [-0.3, -0.25) is 4.90 Å². The molecule has 0 atom stereocenters. The molecule has 98 valence electrons. The van der Waals surface area contributed by atoms with Gasteiger partial charge >= 0.3 is 18.9 Å². The summed E-state index contributed by atoms with van der Waals surface area (Å²) < 4.78 is 0. The molecule has 0 bridgehead atoms. The van der Waals surface area contributed by atoms with Crippen LogP contribution in [0.4, 0.5) is 0 Å². The topological polar surface area (TPSA) is 3.24 Å². The van der Waals surface area contributed by atoms with Crippen LogP contribution in [0.25, 0.3) is 0 Å². The molecule has 2 heteroatoms. The minimum absolute atomic E-state index is 0. The van der Waals surface area contributed by atoms with E-state index in [1.807, 2.05) is 0 Å². The van der Waals surface area contributed by atoms with Crippen LogP contribution in [0.3, 0.4) is 0 Å². The van der Waals surface area contributed by atoms with Crippen LogP contribution in [0.5, 0.6) is 0 Å². The van der Waals surface area contributed by atoms with Crippen LogP contribution >= 0.6 is 0 Å². The molecule has 0 N–H and O–H groups in total. The van der Waals surface area contributed by atoms with Gasteiger partial charge in [-0.2, -0.15) is 0 Å². The first-order chi connectivity index (χ1) is 7.82. The van der Waals surface area contributed by atoms with Crippen LogP contribution in [-0.4, -0.2) is 35.8 Å². The first-order valence-corrected chi connectivity index (χ1v) is 6.65. The van der Waals surface area contributed by atoms with E-state index in [4.69, 9.17) is 0 Å². The molecular formula is C16H28LiN. The summed E-state index contributed by atoms with van der Waals surface area (Å²) in [7, 11) is 0. The van der Waals surface area contributed by atoms with E-state index in [1.54, 1.807) is 0 Å². The zero-order valence-corrected chi connectivity index (χ0v) is 12.5. The third-order valence-electron chi connectivity index (χ3n) is 3.51. The van der Waals surface area contributed by atoms with Crippen LogP contribution in [0.1, 0.15) is 49.9 Å². The van der Waals surface area contributed by atoms with E-state index in [-0.39, 0.29) is 18.9 Å². The molecule has 0 aromatic heterocycles. The Morgan fingerprint density at radius 2 is 1.28 bits per heavy atom. The number of hydrogen-bond acceptors (Lipinski definition) is 1. The molecule has 0 fully saturated rings. The molecule has 1 rings (SSSR count). The number of nitrogens with zero attached hydrogens (tertiary/aromatic N) is 1. The van der Waals surface area contributed by atoms with Crippen molar-refractivity contribution in [2.75, 3.05) is 0 Å². The molecule has 0 aliphatic rings. The van der Waals surface area contributed by atoms with Crippen LogP contribution in [-0.2, 0) is 6.54 Å². The SMILES string of the molecule is Cc1cc(C)c(CN(C(C)C)C(C)C)c(C)c1.[LiH]. The molecule has 0 spiro atoms. The molecule has 18 heavy (non-hydrogen) atoms. The second-order valence-corrected chi connectivity index (χ2v) is 5.74. The van der Waals surface area contributed by atoms with E-state index in [0.29, 0.717) is 12.1 Å². The van der Waals surface area contributed by atoms with Gasteiger partial charge in [0.1, 0.15) is 0 Å². The van der Waals surface area contributed by atoms with Gasteiger partial charge in [0.2, 0.25) is 0 Å². The van der Waals surface area contributed by atoms with Crippen LogP contribution < -0.4 is 0 Å². The van der Waals surface area contributed by atoms with Crippen molar-refractivity contribution in [1.82, 2.24) is 4.90 Å². The van der Waals surface area contributed by atoms with Gasteiger partial charge < -0.3 is 0 Å². The normalized spacial score (nSPS) is 11.2. The van der Waals surface area contributed by atoms with Crippen molar-refractivity contribution in [2.45, 2.75) is 67.1 Å². The molecule has 0 aliphatic heterocycles. The van der Waals surface area contributed by atoms with Crippen LogP contribution in [0, 0.1) is 20.8 Å². The van der Waals surface area contributed by atoms with Gasteiger partial charge in [0.15, 0.2) is 0 Å². The Balaban J connectivity index is 0.00000289. The van der Waals surface area contributed by atoms with Gasteiger partial charge in [-0.05, 0) is 65.2 Å². The van der Waals surface area contributed by atoms with E-state index in [1.165, 1.54) is 22.3 Å². The summed E-state index contributed by atoms with van der Waals surface area (Å²) in [5, 5.41) is 0. The summed E-state index contributed by atoms with van der Waals surface area (Å²) in [5.74, 6) is 0. The summed E-state index contributed by atoms with van der Waals surface area (Å²) in [6.45, 7) is 16.8. The van der Waals surface area contributed by atoms with E-state index < -0.39 is 0 Å². The third kappa shape index (κ3) is 4.47. The quantitative estimate of drug-likeness (QED) is 0.728. The van der Waals surface area contributed by atoms with Gasteiger partial charge in [0.05, 0.1) is 0 Å². The van der Waals surface area contributed by atoms with Crippen molar-refractivity contribution >= 4 is 18.9 Å². The molecule has 0 amide bonds. The van der Waals surface area contributed by atoms with Gasteiger partial charge in [-0.15, -0.1) is 0 Å². The molecule has 0 unspecified atom stereocenters. The van der Waals surface area contributed by atoms with Crippen molar-refractivity contribution < 1.29 is 0 Å². The van der Waals surface area contributed by atoms with Gasteiger partial charge in [-0.25, -0.2) is 0 Å². The fourth-order valence-electron chi connectivity index (χ4n) is 2.60. The van der Waals surface area contributed by atoms with Crippen LogP contribution in [0.2, 0.25) is 0 Å². The average molecular weight is 241 g/mol. The van der Waals surface area contributed by atoms with Gasteiger partial charge in [-0.1, -0.05) is 17.7 Å². The Morgan fingerprint density at radius 1 is 0.889 bits per heavy atom. The summed E-state index contributed by atoms with van der Waals surface area (Å²) in [4.78, 5) is 2.55. The van der Waals surface area contributed by atoms with Gasteiger partial charge in [0.25, 0.3) is 0 Å². The second-order valence-electron chi connectivity index (χ2n) is 5.74. The van der Waals surface area contributed by atoms with E-state index in [0.717, 1.165) is 6.54 Å². The average Bonchev–Trinajstić information content (AvgIpc) is 2.14. The third-order valence-corrected chi connectivity index (χ3v) is 3.51. The molecule has 1 aromatic rings. The van der Waals surface area contributed by atoms with Crippen LogP contribution in [0.15, 0.2) is 12.1 Å². The predicted octanol–water partition coefficient (Wildman–Crippen LogP) is 3.58. The van der Waals surface area contributed by atoms with Crippen molar-refractivity contribution in [3.8, 4) is 0 Å². The summed E-state index contributed by atoms with van der Waals surface area (Å²) in [6.07, 6.45) is 0. The molecule has 1 aromatic carbocycles. The maximum absolute atomic E-state index is 2.55. The summed E-state index contributed by atoms with van der Waals surface area (Å²) >= 11 is 0. The molecule has 0 saturated carbocycles. The van der Waals surface area contributed by atoms with Gasteiger partial charge in [0, 0.05) is 18.6 Å². The van der Waals surface area contributed by atoms with Crippen molar-refractivity contribution in [3.05, 3.63) is 34.4 Å². The molecular weight excluding hydrogens is 213 g/mol. The number of benzene rings is 1. The number of rotatable bonds is 4. The second kappa shape index (κ2) is 7.39. The standard InChI is InChI=1S/C16H27N.Li.H/c1-11(2)17(12(3)4)10-16-14(6)8-13(5)9-15(16)7;;/h8-9,11-12H,10H2,1-7H3;;. The maximum atomic E-state index is 2.55. The fourth-order valence-corrected chi connectivity index (χ4v) is 2.60. The molecule has 0 radical (unpaired) electrons. The zero-order valence-electron chi connectivity index (χ0n) is 12.5. The van der Waals surface area contributed by atoms with E-state index >= 15 is 0 Å². The molecule has 0 aliphatic carbocycles. The molecule has 0 saturated heterocycles. The molecule has 0 heterocycles. The minimum atomic E-state index is 0. The Bertz CT molecular complexity index is 352. The zero-order chi connectivity index (χ0) is 13.2. The Morgan fingerprint density at radius 3 is 1.61 bits per heavy atom. The van der Waals surface area contributed by atoms with Crippen molar-refractivity contribution in [1.29, 1.82) is 0 Å². The van der Waals surface area contributed by atoms with Crippen molar-refractivity contribution in [2.24, 2.45) is 0 Å². The Labute approximate surface area is 125 Å².